The van der Waals surface area contributed by atoms with E-state index >= 15 is 0 Å². The molecule has 2 bridgehead atoms. The average Bonchev–Trinajstić information content (AvgIpc) is 2.99. The molecule has 4 rings (SSSR count). The predicted octanol–water partition coefficient (Wildman–Crippen LogP) is 2.72. The van der Waals surface area contributed by atoms with E-state index in [1.807, 2.05) is 5.38 Å². The second kappa shape index (κ2) is 5.43. The van der Waals surface area contributed by atoms with Crippen molar-refractivity contribution in [3.8, 4) is 0 Å². The standard InChI is InChI=1S/C17H20N2OS/c20-17-19-15(10-21-17)9-18-16-13-5-6-14(16)8-12-4-2-1-3-11(12)7-13/h1-4,10,13-14,16,18H,5-9H2,(H,19,20). The molecule has 2 aliphatic rings. The van der Waals surface area contributed by atoms with E-state index in [0.717, 1.165) is 24.1 Å². The summed E-state index contributed by atoms with van der Waals surface area (Å²) < 4.78 is 0. The van der Waals surface area contributed by atoms with Crippen LogP contribution >= 0.6 is 11.3 Å². The number of benzene rings is 1. The molecule has 21 heavy (non-hydrogen) atoms. The van der Waals surface area contributed by atoms with Crippen LogP contribution in [0.15, 0.2) is 34.4 Å². The quantitative estimate of drug-likeness (QED) is 0.915. The molecule has 1 saturated carbocycles. The molecule has 0 spiro atoms. The molecule has 1 aromatic carbocycles. The maximum Gasteiger partial charge on any atom is 0.304 e. The van der Waals surface area contributed by atoms with Crippen LogP contribution in [0.3, 0.4) is 0 Å². The highest BCUT2D eigenvalue weighted by Crippen LogP contribution is 2.40. The number of hydrogen-bond donors (Lipinski definition) is 2. The first kappa shape index (κ1) is 13.3. The summed E-state index contributed by atoms with van der Waals surface area (Å²) >= 11 is 1.25. The fourth-order valence-electron chi connectivity index (χ4n) is 4.11. The lowest BCUT2D eigenvalue weighted by Gasteiger charge is -2.23. The van der Waals surface area contributed by atoms with Crippen molar-refractivity contribution in [2.45, 2.75) is 38.3 Å². The van der Waals surface area contributed by atoms with Gasteiger partial charge in [0.15, 0.2) is 0 Å². The molecule has 0 amide bonds. The number of thiazole rings is 1. The van der Waals surface area contributed by atoms with Crippen LogP contribution in [0.2, 0.25) is 0 Å². The van der Waals surface area contributed by atoms with Crippen LogP contribution in [-0.4, -0.2) is 11.0 Å². The van der Waals surface area contributed by atoms with Crippen LogP contribution < -0.4 is 10.2 Å². The number of aromatic nitrogens is 1. The first-order valence-electron chi connectivity index (χ1n) is 7.76. The van der Waals surface area contributed by atoms with Crippen molar-refractivity contribution in [3.63, 3.8) is 0 Å². The van der Waals surface area contributed by atoms with E-state index in [4.69, 9.17) is 0 Å². The Kier molecular flexibility index (Phi) is 3.43. The summed E-state index contributed by atoms with van der Waals surface area (Å²) in [6.07, 6.45) is 5.06. The van der Waals surface area contributed by atoms with E-state index < -0.39 is 0 Å². The minimum Gasteiger partial charge on any atom is -0.315 e. The Labute approximate surface area is 128 Å². The van der Waals surface area contributed by atoms with Gasteiger partial charge in [-0.05, 0) is 48.6 Å². The Balaban J connectivity index is 1.51. The Bertz CT molecular complexity index is 657. The van der Waals surface area contributed by atoms with Crippen LogP contribution in [0.25, 0.3) is 0 Å². The number of nitrogens with one attached hydrogen (secondary N) is 2. The lowest BCUT2D eigenvalue weighted by Crippen LogP contribution is -2.37. The number of rotatable bonds is 3. The van der Waals surface area contributed by atoms with Crippen LogP contribution in [0, 0.1) is 11.8 Å². The molecule has 0 radical (unpaired) electrons. The van der Waals surface area contributed by atoms with Gasteiger partial charge in [-0.15, -0.1) is 0 Å². The molecule has 4 heteroatoms. The van der Waals surface area contributed by atoms with Crippen LogP contribution in [-0.2, 0) is 19.4 Å². The average molecular weight is 300 g/mol. The van der Waals surface area contributed by atoms with Crippen molar-refractivity contribution in [3.05, 3.63) is 56.1 Å². The van der Waals surface area contributed by atoms with Crippen molar-refractivity contribution in [2.24, 2.45) is 11.8 Å². The molecule has 1 aromatic heterocycles. The Morgan fingerprint density at radius 2 is 1.81 bits per heavy atom. The molecule has 3 nitrogen and oxygen atoms in total. The van der Waals surface area contributed by atoms with Crippen LogP contribution in [0.4, 0.5) is 0 Å². The van der Waals surface area contributed by atoms with E-state index in [1.54, 1.807) is 11.1 Å². The predicted molar refractivity (Wildman–Crippen MR) is 85.6 cm³/mol. The molecule has 110 valence electrons. The molecule has 1 heterocycles. The third-order valence-electron chi connectivity index (χ3n) is 5.11. The largest absolute Gasteiger partial charge is 0.315 e. The molecule has 1 fully saturated rings. The van der Waals surface area contributed by atoms with Crippen molar-refractivity contribution in [1.82, 2.24) is 10.3 Å². The first-order valence-corrected chi connectivity index (χ1v) is 8.64. The molecule has 2 aliphatic carbocycles. The van der Waals surface area contributed by atoms with Crippen molar-refractivity contribution < 1.29 is 0 Å². The minimum absolute atomic E-state index is 0.0445. The molecule has 2 unspecified atom stereocenters. The number of H-pyrrole nitrogens is 1. The topological polar surface area (TPSA) is 44.9 Å². The van der Waals surface area contributed by atoms with Gasteiger partial charge in [0.1, 0.15) is 0 Å². The third-order valence-corrected chi connectivity index (χ3v) is 5.82. The highest BCUT2D eigenvalue weighted by atomic mass is 32.1. The second-order valence-electron chi connectivity index (χ2n) is 6.35. The molecule has 0 saturated heterocycles. The zero-order chi connectivity index (χ0) is 14.2. The van der Waals surface area contributed by atoms with Gasteiger partial charge in [-0.25, -0.2) is 0 Å². The highest BCUT2D eigenvalue weighted by molar-refractivity contribution is 7.07. The Morgan fingerprint density at radius 3 is 2.38 bits per heavy atom. The molecular formula is C17H20N2OS. The Morgan fingerprint density at radius 1 is 1.14 bits per heavy atom. The molecular weight excluding hydrogens is 280 g/mol. The van der Waals surface area contributed by atoms with E-state index in [2.05, 4.69) is 34.6 Å². The zero-order valence-corrected chi connectivity index (χ0v) is 12.8. The fraction of sp³-hybridized carbons (Fsp3) is 0.471. The van der Waals surface area contributed by atoms with E-state index in [-0.39, 0.29) is 4.87 Å². The fourth-order valence-corrected chi connectivity index (χ4v) is 4.69. The van der Waals surface area contributed by atoms with Gasteiger partial charge in [-0.3, -0.25) is 4.79 Å². The lowest BCUT2D eigenvalue weighted by molar-refractivity contribution is 0.339. The van der Waals surface area contributed by atoms with Gasteiger partial charge >= 0.3 is 4.87 Å². The molecule has 2 atom stereocenters. The van der Waals surface area contributed by atoms with Gasteiger partial charge < -0.3 is 10.3 Å². The summed E-state index contributed by atoms with van der Waals surface area (Å²) in [5.41, 5.74) is 4.10. The number of hydrogen-bond acceptors (Lipinski definition) is 3. The number of fused-ring (bicyclic) bond motifs is 3. The monoisotopic (exact) mass is 300 g/mol. The lowest BCUT2D eigenvalue weighted by atomic mass is 9.94. The summed E-state index contributed by atoms with van der Waals surface area (Å²) in [7, 11) is 0. The van der Waals surface area contributed by atoms with E-state index in [1.165, 1.54) is 37.0 Å². The summed E-state index contributed by atoms with van der Waals surface area (Å²) in [5.74, 6) is 1.48. The SMILES string of the molecule is O=c1[nH]c(CNC2C3CCC2Cc2ccccc2C3)cs1. The highest BCUT2D eigenvalue weighted by Gasteiger charge is 2.38. The van der Waals surface area contributed by atoms with Gasteiger partial charge in [-0.1, -0.05) is 35.6 Å². The zero-order valence-electron chi connectivity index (χ0n) is 12.0. The summed E-state index contributed by atoms with van der Waals surface area (Å²) in [6.45, 7) is 0.784. The van der Waals surface area contributed by atoms with Gasteiger partial charge in [0.2, 0.25) is 0 Å². The van der Waals surface area contributed by atoms with Crippen LogP contribution in [0.1, 0.15) is 29.7 Å². The number of aromatic amines is 1. The first-order chi connectivity index (χ1) is 10.3. The summed E-state index contributed by atoms with van der Waals surface area (Å²) in [6, 6.07) is 9.50. The molecule has 2 N–H and O–H groups in total. The van der Waals surface area contributed by atoms with Gasteiger partial charge in [0.25, 0.3) is 0 Å². The van der Waals surface area contributed by atoms with E-state index in [0.29, 0.717) is 6.04 Å². The second-order valence-corrected chi connectivity index (χ2v) is 7.20. The summed E-state index contributed by atoms with van der Waals surface area (Å²) in [5, 5.41) is 5.66. The van der Waals surface area contributed by atoms with E-state index in [9.17, 15) is 4.79 Å². The summed E-state index contributed by atoms with van der Waals surface area (Å²) in [4.78, 5) is 14.2. The van der Waals surface area contributed by atoms with Crippen LogP contribution in [0.5, 0.6) is 0 Å². The van der Waals surface area contributed by atoms with Gasteiger partial charge in [0.05, 0.1) is 0 Å². The maximum absolute atomic E-state index is 11.2. The maximum atomic E-state index is 11.2. The van der Waals surface area contributed by atoms with Gasteiger partial charge in [0, 0.05) is 23.7 Å². The van der Waals surface area contributed by atoms with Crippen molar-refractivity contribution >= 4 is 11.3 Å². The van der Waals surface area contributed by atoms with Gasteiger partial charge in [-0.2, -0.15) is 0 Å². The Hall–Kier alpha value is -1.39. The van der Waals surface area contributed by atoms with Crippen molar-refractivity contribution in [1.29, 1.82) is 0 Å². The molecule has 0 aliphatic heterocycles. The minimum atomic E-state index is 0.0445. The smallest absolute Gasteiger partial charge is 0.304 e. The normalized spacial score (nSPS) is 27.3. The van der Waals surface area contributed by atoms with Crippen molar-refractivity contribution in [2.75, 3.05) is 0 Å². The third kappa shape index (κ3) is 2.58. The molecule has 2 aromatic rings.